The Morgan fingerprint density at radius 2 is 1.68 bits per heavy atom. The van der Waals surface area contributed by atoms with Crippen molar-refractivity contribution in [2.75, 3.05) is 12.1 Å². The van der Waals surface area contributed by atoms with Crippen LogP contribution in [-0.4, -0.2) is 34.1 Å². The molecule has 2 aromatic heterocycles. The lowest BCUT2D eigenvalue weighted by molar-refractivity contribution is -0.385. The lowest BCUT2D eigenvalue weighted by atomic mass is 10.2. The third kappa shape index (κ3) is 4.85. The van der Waals surface area contributed by atoms with Crippen molar-refractivity contribution >= 4 is 71.6 Å². The van der Waals surface area contributed by atoms with E-state index in [1.165, 1.54) is 65.3 Å². The number of ether oxygens (including phenoxy) is 1. The van der Waals surface area contributed by atoms with Crippen molar-refractivity contribution in [2.45, 2.75) is 0 Å². The Balaban J connectivity index is 1.55. The summed E-state index contributed by atoms with van der Waals surface area (Å²) in [6.07, 6.45) is 1.41. The molecule has 37 heavy (non-hydrogen) atoms. The lowest BCUT2D eigenvalue weighted by Gasteiger charge is -2.12. The number of nitrogens with zero attached hydrogens (tertiary/aromatic N) is 5. The molecule has 5 aromatic rings. The highest BCUT2D eigenvalue weighted by Crippen LogP contribution is 2.35. The van der Waals surface area contributed by atoms with E-state index in [0.717, 1.165) is 9.71 Å². The minimum absolute atomic E-state index is 0.0652. The highest BCUT2D eigenvalue weighted by atomic mass is 32.1. The summed E-state index contributed by atoms with van der Waals surface area (Å²) in [7, 11) is 1.55. The molecular formula is C24H15N5O6S2. The van der Waals surface area contributed by atoms with Crippen LogP contribution in [0.3, 0.4) is 0 Å². The largest absolute Gasteiger partial charge is 0.497 e. The molecule has 0 aliphatic rings. The molecule has 1 amide bonds. The van der Waals surface area contributed by atoms with E-state index in [-0.39, 0.29) is 11.4 Å². The Bertz CT molecular complexity index is 1710. The molecule has 0 saturated heterocycles. The zero-order chi connectivity index (χ0) is 26.1. The predicted octanol–water partition coefficient (Wildman–Crippen LogP) is 6.02. The summed E-state index contributed by atoms with van der Waals surface area (Å²) in [5.74, 6) is 0.161. The van der Waals surface area contributed by atoms with Crippen LogP contribution in [0.4, 0.5) is 16.5 Å². The third-order valence-electron chi connectivity index (χ3n) is 5.31. The van der Waals surface area contributed by atoms with E-state index in [0.29, 0.717) is 36.9 Å². The van der Waals surface area contributed by atoms with Crippen molar-refractivity contribution in [3.63, 3.8) is 0 Å². The molecule has 5 rings (SSSR count). The molecule has 13 heteroatoms. The van der Waals surface area contributed by atoms with E-state index in [1.54, 1.807) is 37.4 Å². The first-order valence-electron chi connectivity index (χ1n) is 10.6. The van der Waals surface area contributed by atoms with Crippen LogP contribution in [0.5, 0.6) is 5.75 Å². The fourth-order valence-electron chi connectivity index (χ4n) is 3.46. The van der Waals surface area contributed by atoms with Gasteiger partial charge in [-0.05, 0) is 48.0 Å². The number of hydrogen-bond donors (Lipinski definition) is 0. The van der Waals surface area contributed by atoms with Gasteiger partial charge in [-0.2, -0.15) is 10.1 Å². The molecule has 0 saturated carbocycles. The van der Waals surface area contributed by atoms with E-state index in [4.69, 9.17) is 4.74 Å². The first-order valence-corrected chi connectivity index (χ1v) is 12.2. The first-order chi connectivity index (χ1) is 17.8. The molecular weight excluding hydrogens is 518 g/mol. The number of fused-ring (bicyclic) bond motifs is 2. The van der Waals surface area contributed by atoms with Crippen LogP contribution in [0.25, 0.3) is 20.3 Å². The average molecular weight is 534 g/mol. The normalized spacial score (nSPS) is 11.3. The van der Waals surface area contributed by atoms with Crippen LogP contribution in [0.2, 0.25) is 0 Å². The van der Waals surface area contributed by atoms with Gasteiger partial charge >= 0.3 is 0 Å². The molecule has 0 aliphatic carbocycles. The Labute approximate surface area is 216 Å². The van der Waals surface area contributed by atoms with E-state index >= 15 is 0 Å². The molecule has 0 unspecified atom stereocenters. The maximum Gasteiger partial charge on any atom is 0.290 e. The van der Waals surface area contributed by atoms with Crippen molar-refractivity contribution in [1.29, 1.82) is 0 Å². The number of hydrogen-bond acceptors (Lipinski definition) is 10. The number of methoxy groups -OCH3 is 1. The summed E-state index contributed by atoms with van der Waals surface area (Å²) >= 11 is 2.42. The third-order valence-corrected chi connectivity index (χ3v) is 7.40. The number of rotatable bonds is 7. The predicted molar refractivity (Wildman–Crippen MR) is 142 cm³/mol. The highest BCUT2D eigenvalue weighted by molar-refractivity contribution is 7.23. The summed E-state index contributed by atoms with van der Waals surface area (Å²) in [6, 6.07) is 17.0. The van der Waals surface area contributed by atoms with Crippen LogP contribution in [0.15, 0.2) is 71.8 Å². The van der Waals surface area contributed by atoms with Crippen molar-refractivity contribution < 1.29 is 19.4 Å². The van der Waals surface area contributed by atoms with Crippen molar-refractivity contribution in [3.8, 4) is 5.75 Å². The number of carbonyl (C=O) groups is 1. The minimum Gasteiger partial charge on any atom is -0.497 e. The van der Waals surface area contributed by atoms with Gasteiger partial charge in [-0.3, -0.25) is 25.0 Å². The topological polar surface area (TPSA) is 141 Å². The van der Waals surface area contributed by atoms with Crippen molar-refractivity contribution in [1.82, 2.24) is 4.98 Å². The molecule has 0 bridgehead atoms. The van der Waals surface area contributed by atoms with Gasteiger partial charge < -0.3 is 4.74 Å². The van der Waals surface area contributed by atoms with Gasteiger partial charge in [0.25, 0.3) is 17.3 Å². The lowest BCUT2D eigenvalue weighted by Crippen LogP contribution is -2.24. The molecule has 184 valence electrons. The summed E-state index contributed by atoms with van der Waals surface area (Å²) in [5.41, 5.74) is 1.05. The van der Waals surface area contributed by atoms with Crippen LogP contribution in [-0.2, 0) is 0 Å². The standard InChI is InChI=1S/C24H15N5O6S2/c1-35-18-7-8-19-21(12-18)37-24(26-19)27(25-13-14-2-4-16(5-3-14)28(31)32)23(30)22-11-15-10-17(29(33)34)6-9-20(15)36-22/h2-13H,1H3/b25-13+. The number of benzene rings is 3. The summed E-state index contributed by atoms with van der Waals surface area (Å²) in [5, 5.41) is 28.5. The number of thiazole rings is 1. The minimum atomic E-state index is -0.502. The van der Waals surface area contributed by atoms with Gasteiger partial charge in [0.05, 0.1) is 38.3 Å². The smallest absolute Gasteiger partial charge is 0.290 e. The SMILES string of the molecule is COc1ccc2nc(N(/N=C/c3ccc([N+](=O)[O-])cc3)C(=O)c3cc4cc([N+](=O)[O-])ccc4s3)sc2c1. The van der Waals surface area contributed by atoms with Crippen LogP contribution in [0, 0.1) is 20.2 Å². The Morgan fingerprint density at radius 1 is 0.946 bits per heavy atom. The summed E-state index contributed by atoms with van der Waals surface area (Å²) in [6.45, 7) is 0. The molecule has 0 radical (unpaired) electrons. The molecule has 2 heterocycles. The molecule has 0 fully saturated rings. The van der Waals surface area contributed by atoms with Gasteiger partial charge in [-0.25, -0.2) is 4.98 Å². The second-order valence-electron chi connectivity index (χ2n) is 7.63. The fourth-order valence-corrected chi connectivity index (χ4v) is 5.38. The van der Waals surface area contributed by atoms with Crippen molar-refractivity contribution in [3.05, 3.63) is 97.4 Å². The number of anilines is 1. The number of aromatic nitrogens is 1. The maximum atomic E-state index is 13.6. The molecule has 3 aromatic carbocycles. The molecule has 0 spiro atoms. The van der Waals surface area contributed by atoms with Crippen LogP contribution >= 0.6 is 22.7 Å². The summed E-state index contributed by atoms with van der Waals surface area (Å²) < 4.78 is 6.77. The van der Waals surface area contributed by atoms with Gasteiger partial charge in [0.15, 0.2) is 0 Å². The van der Waals surface area contributed by atoms with Gasteiger partial charge in [0.1, 0.15) is 5.75 Å². The van der Waals surface area contributed by atoms with Gasteiger partial charge in [0, 0.05) is 34.4 Å². The van der Waals surface area contributed by atoms with Gasteiger partial charge in [0.2, 0.25) is 5.13 Å². The maximum absolute atomic E-state index is 13.6. The fraction of sp³-hybridized carbons (Fsp3) is 0.0417. The molecule has 0 aliphatic heterocycles. The zero-order valence-corrected chi connectivity index (χ0v) is 20.6. The second-order valence-corrected chi connectivity index (χ2v) is 9.72. The van der Waals surface area contributed by atoms with Gasteiger partial charge in [-0.1, -0.05) is 11.3 Å². The van der Waals surface area contributed by atoms with E-state index in [1.807, 2.05) is 0 Å². The van der Waals surface area contributed by atoms with E-state index < -0.39 is 15.8 Å². The Morgan fingerprint density at radius 3 is 2.38 bits per heavy atom. The van der Waals surface area contributed by atoms with E-state index in [9.17, 15) is 25.0 Å². The average Bonchev–Trinajstić information content (AvgIpc) is 3.52. The first kappa shape index (κ1) is 24.0. The highest BCUT2D eigenvalue weighted by Gasteiger charge is 2.24. The van der Waals surface area contributed by atoms with Crippen molar-refractivity contribution in [2.24, 2.45) is 5.10 Å². The number of nitro groups is 2. The molecule has 0 atom stereocenters. The Kier molecular flexibility index (Phi) is 6.29. The number of non-ortho nitro benzene ring substituents is 2. The monoisotopic (exact) mass is 533 g/mol. The Hall–Kier alpha value is -4.75. The van der Waals surface area contributed by atoms with E-state index in [2.05, 4.69) is 10.1 Å². The van der Waals surface area contributed by atoms with Crippen LogP contribution < -0.4 is 9.75 Å². The second kappa shape index (κ2) is 9.72. The number of hydrazone groups is 1. The quantitative estimate of drug-likeness (QED) is 0.141. The number of amides is 1. The number of carbonyl (C=O) groups excluding carboxylic acids is 1. The number of nitro benzene ring substituents is 2. The molecule has 0 N–H and O–H groups in total. The molecule has 11 nitrogen and oxygen atoms in total. The van der Waals surface area contributed by atoms with Crippen LogP contribution in [0.1, 0.15) is 15.2 Å². The van der Waals surface area contributed by atoms with Gasteiger partial charge in [-0.15, -0.1) is 11.3 Å². The summed E-state index contributed by atoms with van der Waals surface area (Å²) in [4.78, 5) is 39.6. The number of thiophene rings is 1. The zero-order valence-electron chi connectivity index (χ0n) is 18.9.